The van der Waals surface area contributed by atoms with Crippen molar-refractivity contribution in [2.45, 2.75) is 6.54 Å². The molecule has 1 aliphatic rings. The van der Waals surface area contributed by atoms with Gasteiger partial charge in [0.05, 0.1) is 24.5 Å². The van der Waals surface area contributed by atoms with Gasteiger partial charge in [0.1, 0.15) is 12.4 Å². The van der Waals surface area contributed by atoms with E-state index in [2.05, 4.69) is 20.6 Å². The van der Waals surface area contributed by atoms with Gasteiger partial charge in [-0.2, -0.15) is 0 Å². The summed E-state index contributed by atoms with van der Waals surface area (Å²) in [7, 11) is 0. The fraction of sp³-hybridized carbons (Fsp3) is 0.273. The number of aromatic nitrogens is 2. The van der Waals surface area contributed by atoms with Crippen molar-refractivity contribution in [3.05, 3.63) is 35.3 Å². The van der Waals surface area contributed by atoms with E-state index in [1.807, 2.05) is 23.6 Å². The Bertz CT molecular complexity index is 472. The molecule has 0 amide bonds. The predicted octanol–water partition coefficient (Wildman–Crippen LogP) is 1.94. The molecule has 0 fully saturated rings. The Labute approximate surface area is 97.6 Å². The zero-order chi connectivity index (χ0) is 10.8. The largest absolute Gasteiger partial charge is 0.490 e. The van der Waals surface area contributed by atoms with Gasteiger partial charge in [0.25, 0.3) is 0 Å². The second kappa shape index (κ2) is 4.09. The zero-order valence-corrected chi connectivity index (χ0v) is 9.48. The molecule has 5 heteroatoms. The average Bonchev–Trinajstić information content (AvgIpc) is 2.82. The molecule has 0 atom stereocenters. The number of benzene rings is 1. The van der Waals surface area contributed by atoms with Gasteiger partial charge in [-0.05, 0) is 23.7 Å². The molecule has 2 aromatic rings. The number of para-hydroxylation sites is 2. The van der Waals surface area contributed by atoms with Crippen LogP contribution in [-0.2, 0) is 6.54 Å². The number of rotatable bonds is 2. The molecule has 0 N–H and O–H groups in total. The molecule has 16 heavy (non-hydrogen) atoms. The van der Waals surface area contributed by atoms with Crippen molar-refractivity contribution in [1.29, 1.82) is 0 Å². The van der Waals surface area contributed by atoms with Crippen LogP contribution in [0.3, 0.4) is 0 Å². The van der Waals surface area contributed by atoms with Gasteiger partial charge in [0.15, 0.2) is 0 Å². The minimum absolute atomic E-state index is 0.731. The summed E-state index contributed by atoms with van der Waals surface area (Å²) in [6.45, 7) is 2.43. The van der Waals surface area contributed by atoms with Crippen molar-refractivity contribution in [3.63, 3.8) is 0 Å². The summed E-state index contributed by atoms with van der Waals surface area (Å²) in [5.74, 6) is 0.955. The highest BCUT2D eigenvalue weighted by atomic mass is 32.1. The van der Waals surface area contributed by atoms with Gasteiger partial charge >= 0.3 is 0 Å². The molecule has 0 saturated carbocycles. The van der Waals surface area contributed by atoms with Crippen LogP contribution in [0.25, 0.3) is 0 Å². The lowest BCUT2D eigenvalue weighted by Gasteiger charge is -2.30. The molecule has 0 radical (unpaired) electrons. The number of anilines is 1. The monoisotopic (exact) mass is 233 g/mol. The summed E-state index contributed by atoms with van der Waals surface area (Å²) in [5, 5.41) is 6.05. The Kier molecular flexibility index (Phi) is 2.46. The number of hydrogen-bond donors (Lipinski definition) is 0. The zero-order valence-electron chi connectivity index (χ0n) is 8.67. The second-order valence-corrected chi connectivity index (χ2v) is 4.24. The molecular weight excluding hydrogens is 222 g/mol. The summed E-state index contributed by atoms with van der Waals surface area (Å²) in [6.07, 6.45) is 0. The Hall–Kier alpha value is -1.62. The normalized spacial score (nSPS) is 14.4. The first-order valence-electron chi connectivity index (χ1n) is 5.16. The van der Waals surface area contributed by atoms with Crippen molar-refractivity contribution in [3.8, 4) is 5.75 Å². The van der Waals surface area contributed by atoms with Crippen LogP contribution in [0.2, 0.25) is 0 Å². The van der Waals surface area contributed by atoms with Gasteiger partial charge in [-0.15, -0.1) is 5.10 Å². The van der Waals surface area contributed by atoms with Gasteiger partial charge in [-0.25, -0.2) is 0 Å². The van der Waals surface area contributed by atoms with Gasteiger partial charge in [-0.3, -0.25) is 0 Å². The molecule has 1 aliphatic heterocycles. The fourth-order valence-electron chi connectivity index (χ4n) is 1.84. The Morgan fingerprint density at radius 3 is 3.19 bits per heavy atom. The lowest BCUT2D eigenvalue weighted by molar-refractivity contribution is 0.306. The van der Waals surface area contributed by atoms with Crippen LogP contribution in [0.5, 0.6) is 5.75 Å². The molecule has 3 rings (SSSR count). The van der Waals surface area contributed by atoms with E-state index in [9.17, 15) is 0 Å². The average molecular weight is 233 g/mol. The molecule has 0 aliphatic carbocycles. The molecule has 2 heterocycles. The van der Waals surface area contributed by atoms with Crippen molar-refractivity contribution < 1.29 is 4.74 Å². The maximum absolute atomic E-state index is 5.60. The van der Waals surface area contributed by atoms with Crippen molar-refractivity contribution >= 4 is 17.2 Å². The Morgan fingerprint density at radius 1 is 1.38 bits per heavy atom. The number of hydrogen-bond acceptors (Lipinski definition) is 5. The molecule has 4 nitrogen and oxygen atoms in total. The first-order chi connectivity index (χ1) is 7.93. The topological polar surface area (TPSA) is 38.2 Å². The van der Waals surface area contributed by atoms with Crippen LogP contribution in [0.1, 0.15) is 5.69 Å². The highest BCUT2D eigenvalue weighted by Gasteiger charge is 2.17. The highest BCUT2D eigenvalue weighted by Crippen LogP contribution is 2.31. The van der Waals surface area contributed by atoms with E-state index in [-0.39, 0.29) is 0 Å². The molecule has 0 unspecified atom stereocenters. The SMILES string of the molecule is c1ccc2c(c1)OCCN2Cc1csnn1. The summed E-state index contributed by atoms with van der Waals surface area (Å²) in [4.78, 5) is 2.27. The molecule has 0 spiro atoms. The first kappa shape index (κ1) is 9.59. The highest BCUT2D eigenvalue weighted by molar-refractivity contribution is 7.03. The third-order valence-corrected chi connectivity index (χ3v) is 3.14. The second-order valence-electron chi connectivity index (χ2n) is 3.63. The summed E-state index contributed by atoms with van der Waals surface area (Å²) < 4.78 is 9.48. The Morgan fingerprint density at radius 2 is 2.31 bits per heavy atom. The van der Waals surface area contributed by atoms with Gasteiger partial charge in [-0.1, -0.05) is 16.6 Å². The summed E-state index contributed by atoms with van der Waals surface area (Å²) >= 11 is 1.39. The van der Waals surface area contributed by atoms with E-state index in [1.165, 1.54) is 11.5 Å². The molecule has 1 aromatic heterocycles. The van der Waals surface area contributed by atoms with E-state index < -0.39 is 0 Å². The third kappa shape index (κ3) is 1.74. The van der Waals surface area contributed by atoms with Crippen molar-refractivity contribution in [2.75, 3.05) is 18.1 Å². The first-order valence-corrected chi connectivity index (χ1v) is 6.00. The molecular formula is C11H11N3OS. The molecule has 0 bridgehead atoms. The molecule has 82 valence electrons. The summed E-state index contributed by atoms with van der Waals surface area (Å²) in [6, 6.07) is 8.10. The molecule has 0 saturated heterocycles. The smallest absolute Gasteiger partial charge is 0.142 e. The summed E-state index contributed by atoms with van der Waals surface area (Å²) in [5.41, 5.74) is 2.16. The van der Waals surface area contributed by atoms with Gasteiger partial charge < -0.3 is 9.64 Å². The van der Waals surface area contributed by atoms with Gasteiger partial charge in [0, 0.05) is 5.38 Å². The van der Waals surface area contributed by atoms with Crippen molar-refractivity contribution in [1.82, 2.24) is 9.59 Å². The standard InChI is InChI=1S/C11H11N3OS/c1-2-4-11-10(3-1)14(5-6-15-11)7-9-8-16-13-12-9/h1-4,8H,5-7H2. The van der Waals surface area contributed by atoms with Crippen LogP contribution >= 0.6 is 11.5 Å². The van der Waals surface area contributed by atoms with E-state index in [1.54, 1.807) is 0 Å². The minimum Gasteiger partial charge on any atom is -0.490 e. The van der Waals surface area contributed by atoms with E-state index >= 15 is 0 Å². The molecule has 1 aromatic carbocycles. The van der Waals surface area contributed by atoms with Crippen LogP contribution < -0.4 is 9.64 Å². The van der Waals surface area contributed by atoms with E-state index in [4.69, 9.17) is 4.74 Å². The minimum atomic E-state index is 0.731. The maximum Gasteiger partial charge on any atom is 0.142 e. The van der Waals surface area contributed by atoms with Gasteiger partial charge in [0.2, 0.25) is 0 Å². The van der Waals surface area contributed by atoms with E-state index in [0.29, 0.717) is 0 Å². The number of nitrogens with zero attached hydrogens (tertiary/aromatic N) is 3. The number of ether oxygens (including phenoxy) is 1. The lowest BCUT2D eigenvalue weighted by atomic mass is 10.2. The number of fused-ring (bicyclic) bond motifs is 1. The maximum atomic E-state index is 5.60. The lowest BCUT2D eigenvalue weighted by Crippen LogP contribution is -2.32. The van der Waals surface area contributed by atoms with Crippen LogP contribution in [0.15, 0.2) is 29.6 Å². The van der Waals surface area contributed by atoms with Crippen molar-refractivity contribution in [2.24, 2.45) is 0 Å². The van der Waals surface area contributed by atoms with Crippen LogP contribution in [0, 0.1) is 0 Å². The fourth-order valence-corrected chi connectivity index (χ4v) is 2.28. The third-order valence-electron chi connectivity index (χ3n) is 2.58. The quantitative estimate of drug-likeness (QED) is 0.794. The Balaban J connectivity index is 1.87. The predicted molar refractivity (Wildman–Crippen MR) is 62.9 cm³/mol. The van der Waals surface area contributed by atoms with Crippen LogP contribution in [-0.4, -0.2) is 22.7 Å². The van der Waals surface area contributed by atoms with Crippen LogP contribution in [0.4, 0.5) is 5.69 Å². The van der Waals surface area contributed by atoms with E-state index in [0.717, 1.165) is 36.8 Å².